The number of rotatable bonds is 9. The summed E-state index contributed by atoms with van der Waals surface area (Å²) in [5.74, 6) is 0.00750. The summed E-state index contributed by atoms with van der Waals surface area (Å²) in [6.45, 7) is 8.20. The maximum absolute atomic E-state index is 12.8. The van der Waals surface area contributed by atoms with Crippen molar-refractivity contribution in [2.45, 2.75) is 39.7 Å². The van der Waals surface area contributed by atoms with Gasteiger partial charge in [0.25, 0.3) is 5.91 Å². The Morgan fingerprint density at radius 1 is 1.48 bits per heavy atom. The largest absolute Gasteiger partial charge is 0.384 e. The van der Waals surface area contributed by atoms with Crippen LogP contribution < -0.4 is 5.32 Å². The molecule has 0 aliphatic carbocycles. The summed E-state index contributed by atoms with van der Waals surface area (Å²) in [5.41, 5.74) is 1.48. The van der Waals surface area contributed by atoms with Gasteiger partial charge in [-0.15, -0.1) is 0 Å². The average molecular weight is 293 g/mol. The average Bonchev–Trinajstić information content (AvgIpc) is 2.52. The molecule has 1 aromatic rings. The minimum absolute atomic E-state index is 0.00750. The van der Waals surface area contributed by atoms with Gasteiger partial charge >= 0.3 is 0 Å². The molecule has 0 aliphatic heterocycles. The highest BCUT2D eigenvalue weighted by molar-refractivity contribution is 5.99. The van der Waals surface area contributed by atoms with Gasteiger partial charge < -0.3 is 15.0 Å². The smallest absolute Gasteiger partial charge is 0.257 e. The molecule has 0 aliphatic rings. The highest BCUT2D eigenvalue weighted by Crippen LogP contribution is 2.18. The maximum Gasteiger partial charge on any atom is 0.257 e. The van der Waals surface area contributed by atoms with Crippen molar-refractivity contribution in [3.05, 3.63) is 24.0 Å². The number of carbonyl (C=O) groups is 1. The zero-order valence-electron chi connectivity index (χ0n) is 13.6. The van der Waals surface area contributed by atoms with E-state index in [1.165, 1.54) is 0 Å². The standard InChI is InChI=1S/C16H27N3O2/c1-5-8-18-15-7-9-17-12-14(15)16(20)19(10-11-21-4)13(3)6-2/h7,9,12-13H,5-6,8,10-11H2,1-4H3,(H,17,18). The topological polar surface area (TPSA) is 54.5 Å². The van der Waals surface area contributed by atoms with Crippen LogP contribution in [-0.2, 0) is 4.74 Å². The van der Waals surface area contributed by atoms with Crippen LogP contribution in [0, 0.1) is 0 Å². The summed E-state index contributed by atoms with van der Waals surface area (Å²) >= 11 is 0. The van der Waals surface area contributed by atoms with Crippen LogP contribution in [0.15, 0.2) is 18.5 Å². The molecule has 1 N–H and O–H groups in total. The second-order valence-corrected chi connectivity index (χ2v) is 5.10. The second kappa shape index (κ2) is 9.34. The summed E-state index contributed by atoms with van der Waals surface area (Å²) < 4.78 is 5.12. The molecule has 1 unspecified atom stereocenters. The van der Waals surface area contributed by atoms with Crippen molar-refractivity contribution in [1.29, 1.82) is 0 Å². The Hall–Kier alpha value is -1.62. The van der Waals surface area contributed by atoms with E-state index in [9.17, 15) is 4.79 Å². The Labute approximate surface area is 127 Å². The molecule has 1 rings (SSSR count). The molecule has 1 aromatic heterocycles. The molecule has 0 bridgehead atoms. The number of nitrogens with zero attached hydrogens (tertiary/aromatic N) is 2. The van der Waals surface area contributed by atoms with Gasteiger partial charge in [-0.3, -0.25) is 9.78 Å². The first-order chi connectivity index (χ1) is 10.2. The molecule has 0 fully saturated rings. The van der Waals surface area contributed by atoms with Gasteiger partial charge in [0.2, 0.25) is 0 Å². The van der Waals surface area contributed by atoms with E-state index in [2.05, 4.69) is 31.1 Å². The fourth-order valence-corrected chi connectivity index (χ4v) is 2.07. The van der Waals surface area contributed by atoms with E-state index in [1.54, 1.807) is 19.5 Å². The lowest BCUT2D eigenvalue weighted by molar-refractivity contribution is 0.0614. The Morgan fingerprint density at radius 2 is 2.24 bits per heavy atom. The van der Waals surface area contributed by atoms with Gasteiger partial charge in [0.15, 0.2) is 0 Å². The van der Waals surface area contributed by atoms with E-state index in [1.807, 2.05) is 11.0 Å². The zero-order valence-corrected chi connectivity index (χ0v) is 13.6. The lowest BCUT2D eigenvalue weighted by Gasteiger charge is -2.29. The number of aromatic nitrogens is 1. The summed E-state index contributed by atoms with van der Waals surface area (Å²) in [7, 11) is 1.65. The number of hydrogen-bond acceptors (Lipinski definition) is 4. The van der Waals surface area contributed by atoms with Crippen LogP contribution in [0.2, 0.25) is 0 Å². The van der Waals surface area contributed by atoms with E-state index < -0.39 is 0 Å². The predicted octanol–water partition coefficient (Wildman–Crippen LogP) is 2.79. The number of methoxy groups -OCH3 is 1. The third-order valence-electron chi connectivity index (χ3n) is 3.54. The van der Waals surface area contributed by atoms with Gasteiger partial charge in [-0.05, 0) is 25.8 Å². The molecule has 0 radical (unpaired) electrons. The van der Waals surface area contributed by atoms with Crippen molar-refractivity contribution in [2.75, 3.05) is 32.1 Å². The summed E-state index contributed by atoms with van der Waals surface area (Å²) in [6.07, 6.45) is 5.27. The monoisotopic (exact) mass is 293 g/mol. The number of pyridine rings is 1. The van der Waals surface area contributed by atoms with Crippen LogP contribution >= 0.6 is 0 Å². The number of hydrogen-bond donors (Lipinski definition) is 1. The van der Waals surface area contributed by atoms with E-state index in [0.29, 0.717) is 18.7 Å². The molecule has 5 nitrogen and oxygen atoms in total. The first-order valence-electron chi connectivity index (χ1n) is 7.63. The van der Waals surface area contributed by atoms with Crippen LogP contribution in [0.25, 0.3) is 0 Å². The fourth-order valence-electron chi connectivity index (χ4n) is 2.07. The van der Waals surface area contributed by atoms with Gasteiger partial charge in [-0.25, -0.2) is 0 Å². The Bertz CT molecular complexity index is 437. The number of carbonyl (C=O) groups excluding carboxylic acids is 1. The number of amides is 1. The Kier molecular flexibility index (Phi) is 7.75. The molecule has 118 valence electrons. The molecular weight excluding hydrogens is 266 g/mol. The van der Waals surface area contributed by atoms with Crippen molar-refractivity contribution in [3.8, 4) is 0 Å². The van der Waals surface area contributed by atoms with Crippen LogP contribution in [0.1, 0.15) is 44.0 Å². The van der Waals surface area contributed by atoms with Gasteiger partial charge in [0.1, 0.15) is 0 Å². The zero-order chi connectivity index (χ0) is 15.7. The van der Waals surface area contributed by atoms with E-state index in [4.69, 9.17) is 4.74 Å². The molecule has 0 saturated carbocycles. The van der Waals surface area contributed by atoms with Crippen molar-refractivity contribution >= 4 is 11.6 Å². The SMILES string of the molecule is CCCNc1ccncc1C(=O)N(CCOC)C(C)CC. The second-order valence-electron chi connectivity index (χ2n) is 5.10. The van der Waals surface area contributed by atoms with Gasteiger partial charge in [0, 0.05) is 38.6 Å². The van der Waals surface area contributed by atoms with Crippen LogP contribution in [0.4, 0.5) is 5.69 Å². The first-order valence-corrected chi connectivity index (χ1v) is 7.63. The molecule has 0 aromatic carbocycles. The molecule has 0 saturated heterocycles. The van der Waals surface area contributed by atoms with Crippen molar-refractivity contribution in [3.63, 3.8) is 0 Å². The highest BCUT2D eigenvalue weighted by atomic mass is 16.5. The summed E-state index contributed by atoms with van der Waals surface area (Å²) in [6, 6.07) is 2.03. The molecule has 0 spiro atoms. The molecule has 1 atom stereocenters. The summed E-state index contributed by atoms with van der Waals surface area (Å²) in [4.78, 5) is 18.8. The lowest BCUT2D eigenvalue weighted by Crippen LogP contribution is -2.40. The number of nitrogens with one attached hydrogen (secondary N) is 1. The first kappa shape index (κ1) is 17.4. The molecular formula is C16H27N3O2. The number of anilines is 1. The van der Waals surface area contributed by atoms with Crippen molar-refractivity contribution in [2.24, 2.45) is 0 Å². The van der Waals surface area contributed by atoms with Crippen LogP contribution in [-0.4, -0.2) is 48.6 Å². The van der Waals surface area contributed by atoms with Crippen molar-refractivity contribution in [1.82, 2.24) is 9.88 Å². The van der Waals surface area contributed by atoms with Crippen LogP contribution in [0.3, 0.4) is 0 Å². The van der Waals surface area contributed by atoms with E-state index in [0.717, 1.165) is 25.1 Å². The maximum atomic E-state index is 12.8. The highest BCUT2D eigenvalue weighted by Gasteiger charge is 2.22. The molecule has 1 heterocycles. The van der Waals surface area contributed by atoms with Crippen molar-refractivity contribution < 1.29 is 9.53 Å². The molecule has 5 heteroatoms. The van der Waals surface area contributed by atoms with Gasteiger partial charge in [-0.1, -0.05) is 13.8 Å². The van der Waals surface area contributed by atoms with E-state index in [-0.39, 0.29) is 11.9 Å². The van der Waals surface area contributed by atoms with E-state index >= 15 is 0 Å². The normalized spacial score (nSPS) is 12.0. The quantitative estimate of drug-likeness (QED) is 0.760. The minimum Gasteiger partial charge on any atom is -0.384 e. The molecule has 21 heavy (non-hydrogen) atoms. The third kappa shape index (κ3) is 5.01. The third-order valence-corrected chi connectivity index (χ3v) is 3.54. The summed E-state index contributed by atoms with van der Waals surface area (Å²) in [5, 5.41) is 3.29. The Morgan fingerprint density at radius 3 is 2.86 bits per heavy atom. The van der Waals surface area contributed by atoms with Gasteiger partial charge in [0.05, 0.1) is 17.9 Å². The fraction of sp³-hybridized carbons (Fsp3) is 0.625. The van der Waals surface area contributed by atoms with Gasteiger partial charge in [-0.2, -0.15) is 0 Å². The molecule has 1 amide bonds. The number of ether oxygens (including phenoxy) is 1. The van der Waals surface area contributed by atoms with Crippen LogP contribution in [0.5, 0.6) is 0 Å². The minimum atomic E-state index is 0.00750. The predicted molar refractivity (Wildman–Crippen MR) is 85.7 cm³/mol. The lowest BCUT2D eigenvalue weighted by atomic mass is 10.1. The Balaban J connectivity index is 2.96.